The van der Waals surface area contributed by atoms with Gasteiger partial charge in [0, 0.05) is 19.5 Å². The number of fused-ring (bicyclic) bond motifs is 2. The maximum Gasteiger partial charge on any atom is 0.419 e. The predicted octanol–water partition coefficient (Wildman–Crippen LogP) is 2.15. The molecule has 2 fully saturated rings. The smallest absolute Gasteiger partial charge is 0.408 e. The van der Waals surface area contributed by atoms with Crippen LogP contribution in [0.3, 0.4) is 0 Å². The molecule has 0 radical (unpaired) electrons. The zero-order valence-corrected chi connectivity index (χ0v) is 13.6. The molecule has 1 aromatic heterocycles. The number of aromatic nitrogens is 1. The third-order valence-electron chi connectivity index (χ3n) is 5.18. The molecule has 1 saturated heterocycles. The van der Waals surface area contributed by atoms with E-state index < -0.39 is 5.76 Å². The zero-order valence-electron chi connectivity index (χ0n) is 13.6. The molecule has 1 aliphatic heterocycles. The first-order valence-electron chi connectivity index (χ1n) is 8.73. The van der Waals surface area contributed by atoms with Crippen molar-refractivity contribution in [1.82, 2.24) is 9.47 Å². The Kier molecular flexibility index (Phi) is 4.14. The van der Waals surface area contributed by atoms with E-state index in [2.05, 4.69) is 0 Å². The van der Waals surface area contributed by atoms with E-state index in [0.29, 0.717) is 31.7 Å². The van der Waals surface area contributed by atoms with E-state index in [1.807, 2.05) is 23.1 Å². The van der Waals surface area contributed by atoms with Crippen LogP contribution in [0.25, 0.3) is 11.1 Å². The number of oxazole rings is 1. The van der Waals surface area contributed by atoms with Crippen LogP contribution in [-0.2, 0) is 16.1 Å². The highest BCUT2D eigenvalue weighted by atomic mass is 16.5. The van der Waals surface area contributed by atoms with Crippen LogP contribution in [0.2, 0.25) is 0 Å². The third kappa shape index (κ3) is 2.75. The molecule has 0 N–H and O–H groups in total. The molecule has 4 rings (SSSR count). The van der Waals surface area contributed by atoms with E-state index in [1.54, 1.807) is 10.6 Å². The van der Waals surface area contributed by atoms with Crippen LogP contribution < -0.4 is 5.76 Å². The SMILES string of the molecule is O=C(CCn1c(=O)oc2ccccc21)N1CCOC2CCCCC21. The molecule has 2 aliphatic rings. The lowest BCUT2D eigenvalue weighted by molar-refractivity contribution is -0.149. The number of carbonyl (C=O) groups is 1. The standard InChI is InChI=1S/C18H22N2O4/c21-17(19-11-12-23-15-7-3-1-5-13(15)19)9-10-20-14-6-2-4-8-16(14)24-18(20)22/h2,4,6,8,13,15H,1,3,5,7,9-12H2. The van der Waals surface area contributed by atoms with Gasteiger partial charge in [0.2, 0.25) is 5.91 Å². The summed E-state index contributed by atoms with van der Waals surface area (Å²) in [5, 5.41) is 0. The first-order chi connectivity index (χ1) is 11.7. The Balaban J connectivity index is 1.48. The summed E-state index contributed by atoms with van der Waals surface area (Å²) in [5.74, 6) is -0.297. The van der Waals surface area contributed by atoms with Crippen LogP contribution in [0.4, 0.5) is 0 Å². The molecule has 6 nitrogen and oxygen atoms in total. The summed E-state index contributed by atoms with van der Waals surface area (Å²) in [6, 6.07) is 7.51. The Morgan fingerprint density at radius 3 is 2.96 bits per heavy atom. The molecule has 24 heavy (non-hydrogen) atoms. The van der Waals surface area contributed by atoms with Gasteiger partial charge in [-0.2, -0.15) is 0 Å². The van der Waals surface area contributed by atoms with Crippen LogP contribution in [0.5, 0.6) is 0 Å². The lowest BCUT2D eigenvalue weighted by Gasteiger charge is -2.43. The minimum absolute atomic E-state index is 0.104. The molecule has 0 bridgehead atoms. The van der Waals surface area contributed by atoms with Gasteiger partial charge < -0.3 is 14.1 Å². The summed E-state index contributed by atoms with van der Waals surface area (Å²) in [5.41, 5.74) is 1.31. The molecule has 1 saturated carbocycles. The number of benzene rings is 1. The normalized spacial score (nSPS) is 24.1. The Hall–Kier alpha value is -2.08. The summed E-state index contributed by atoms with van der Waals surface area (Å²) in [6.07, 6.45) is 4.89. The number of aryl methyl sites for hydroxylation is 1. The molecule has 1 aliphatic carbocycles. The van der Waals surface area contributed by atoms with Gasteiger partial charge in [-0.3, -0.25) is 9.36 Å². The highest BCUT2D eigenvalue weighted by Crippen LogP contribution is 2.28. The Bertz CT molecular complexity index is 792. The molecule has 2 atom stereocenters. The van der Waals surface area contributed by atoms with Crippen molar-refractivity contribution in [1.29, 1.82) is 0 Å². The predicted molar refractivity (Wildman–Crippen MR) is 88.8 cm³/mol. The lowest BCUT2D eigenvalue weighted by atomic mass is 9.90. The maximum atomic E-state index is 12.7. The van der Waals surface area contributed by atoms with Gasteiger partial charge in [0.05, 0.1) is 24.3 Å². The van der Waals surface area contributed by atoms with E-state index in [9.17, 15) is 9.59 Å². The van der Waals surface area contributed by atoms with Gasteiger partial charge in [-0.15, -0.1) is 0 Å². The summed E-state index contributed by atoms with van der Waals surface area (Å²) < 4.78 is 12.6. The van der Waals surface area contributed by atoms with Crippen LogP contribution in [0, 0.1) is 0 Å². The van der Waals surface area contributed by atoms with E-state index in [4.69, 9.17) is 9.15 Å². The fourth-order valence-corrected chi connectivity index (χ4v) is 3.98. The second kappa shape index (κ2) is 6.43. The second-order valence-corrected chi connectivity index (χ2v) is 6.59. The maximum absolute atomic E-state index is 12.7. The van der Waals surface area contributed by atoms with Crippen molar-refractivity contribution < 1.29 is 13.9 Å². The van der Waals surface area contributed by atoms with Crippen LogP contribution in [-0.4, -0.2) is 40.7 Å². The van der Waals surface area contributed by atoms with Crippen molar-refractivity contribution in [2.45, 2.75) is 50.8 Å². The Morgan fingerprint density at radius 2 is 2.04 bits per heavy atom. The molecule has 6 heteroatoms. The highest BCUT2D eigenvalue weighted by molar-refractivity contribution is 5.77. The molecular weight excluding hydrogens is 308 g/mol. The number of rotatable bonds is 3. The monoisotopic (exact) mass is 330 g/mol. The van der Waals surface area contributed by atoms with Crippen molar-refractivity contribution in [3.05, 3.63) is 34.8 Å². The number of hydrogen-bond donors (Lipinski definition) is 0. The van der Waals surface area contributed by atoms with E-state index in [-0.39, 0.29) is 18.1 Å². The van der Waals surface area contributed by atoms with Crippen molar-refractivity contribution in [3.8, 4) is 0 Å². The number of amides is 1. The fourth-order valence-electron chi connectivity index (χ4n) is 3.98. The van der Waals surface area contributed by atoms with Crippen molar-refractivity contribution in [2.75, 3.05) is 13.2 Å². The van der Waals surface area contributed by atoms with E-state index in [1.165, 1.54) is 6.42 Å². The van der Waals surface area contributed by atoms with Gasteiger partial charge in [0.25, 0.3) is 0 Å². The first kappa shape index (κ1) is 15.4. The van der Waals surface area contributed by atoms with Gasteiger partial charge in [0.15, 0.2) is 5.58 Å². The van der Waals surface area contributed by atoms with E-state index >= 15 is 0 Å². The molecule has 1 aromatic carbocycles. The third-order valence-corrected chi connectivity index (χ3v) is 5.18. The molecule has 0 spiro atoms. The van der Waals surface area contributed by atoms with E-state index in [0.717, 1.165) is 24.8 Å². The summed E-state index contributed by atoms with van der Waals surface area (Å²) >= 11 is 0. The zero-order chi connectivity index (χ0) is 16.5. The molecule has 2 aromatic rings. The summed E-state index contributed by atoms with van der Waals surface area (Å²) in [6.45, 7) is 1.62. The number of carbonyl (C=O) groups excluding carboxylic acids is 1. The number of morpholine rings is 1. The fraction of sp³-hybridized carbons (Fsp3) is 0.556. The Morgan fingerprint density at radius 1 is 1.21 bits per heavy atom. The summed E-state index contributed by atoms with van der Waals surface area (Å²) in [4.78, 5) is 26.7. The van der Waals surface area contributed by atoms with Gasteiger partial charge >= 0.3 is 5.76 Å². The van der Waals surface area contributed by atoms with Gasteiger partial charge in [-0.05, 0) is 25.0 Å². The van der Waals surface area contributed by atoms with Crippen molar-refractivity contribution in [3.63, 3.8) is 0 Å². The lowest BCUT2D eigenvalue weighted by Crippen LogP contribution is -2.55. The molecular formula is C18H22N2O4. The van der Waals surface area contributed by atoms with Crippen LogP contribution >= 0.6 is 0 Å². The molecule has 128 valence electrons. The second-order valence-electron chi connectivity index (χ2n) is 6.59. The minimum atomic E-state index is -0.401. The quantitative estimate of drug-likeness (QED) is 0.865. The molecule has 1 amide bonds. The largest absolute Gasteiger partial charge is 0.419 e. The average molecular weight is 330 g/mol. The first-order valence-corrected chi connectivity index (χ1v) is 8.73. The number of ether oxygens (including phenoxy) is 1. The molecule has 2 unspecified atom stereocenters. The van der Waals surface area contributed by atoms with Crippen molar-refractivity contribution in [2.24, 2.45) is 0 Å². The van der Waals surface area contributed by atoms with Crippen LogP contribution in [0.1, 0.15) is 32.1 Å². The van der Waals surface area contributed by atoms with Gasteiger partial charge in [0.1, 0.15) is 0 Å². The number of para-hydroxylation sites is 2. The Labute approximate surface area is 140 Å². The molecule has 2 heterocycles. The van der Waals surface area contributed by atoms with Gasteiger partial charge in [-0.25, -0.2) is 4.79 Å². The van der Waals surface area contributed by atoms with Crippen molar-refractivity contribution >= 4 is 17.0 Å². The summed E-state index contributed by atoms with van der Waals surface area (Å²) in [7, 11) is 0. The highest BCUT2D eigenvalue weighted by Gasteiger charge is 2.36. The van der Waals surface area contributed by atoms with Gasteiger partial charge in [-0.1, -0.05) is 25.0 Å². The van der Waals surface area contributed by atoms with Crippen LogP contribution in [0.15, 0.2) is 33.5 Å². The number of nitrogens with zero attached hydrogens (tertiary/aromatic N) is 2. The topological polar surface area (TPSA) is 64.7 Å². The minimum Gasteiger partial charge on any atom is -0.408 e. The average Bonchev–Trinajstić information content (AvgIpc) is 2.94. The number of hydrogen-bond acceptors (Lipinski definition) is 4.